The Morgan fingerprint density at radius 3 is 2.72 bits per heavy atom. The smallest absolute Gasteiger partial charge is 0.141 e. The van der Waals surface area contributed by atoms with Crippen LogP contribution >= 0.6 is 0 Å². The Hall–Kier alpha value is -2.37. The van der Waals surface area contributed by atoms with Crippen molar-refractivity contribution in [2.45, 2.75) is 37.4 Å². The fraction of sp³-hybridized carbons (Fsp3) is 0.389. The van der Waals surface area contributed by atoms with Crippen molar-refractivity contribution < 1.29 is 19.7 Å². The van der Waals surface area contributed by atoms with E-state index < -0.39 is 23.9 Å². The molecular formula is C18H21N3O4. The van der Waals surface area contributed by atoms with E-state index in [0.717, 1.165) is 5.56 Å². The first-order chi connectivity index (χ1) is 12.0. The largest absolute Gasteiger partial charge is 0.396 e. The molecule has 0 aliphatic carbocycles. The van der Waals surface area contributed by atoms with Crippen LogP contribution in [0.5, 0.6) is 0 Å². The van der Waals surface area contributed by atoms with E-state index in [4.69, 9.17) is 20.5 Å². The van der Waals surface area contributed by atoms with E-state index in [9.17, 15) is 10.2 Å². The number of aromatic amines is 1. The van der Waals surface area contributed by atoms with Crippen molar-refractivity contribution in [3.63, 3.8) is 0 Å². The molecule has 25 heavy (non-hydrogen) atoms. The van der Waals surface area contributed by atoms with Gasteiger partial charge in [0.2, 0.25) is 0 Å². The Balaban J connectivity index is 1.91. The number of aliphatic hydroxyl groups excluding tert-OH is 2. The molecule has 2 aromatic rings. The lowest BCUT2D eigenvalue weighted by molar-refractivity contribution is -0.125. The molecule has 3 rings (SSSR count). The number of H-pyrrole nitrogens is 1. The van der Waals surface area contributed by atoms with Gasteiger partial charge in [0.1, 0.15) is 35.7 Å². The number of ether oxygens (including phenoxy) is 2. The Labute approximate surface area is 145 Å². The minimum Gasteiger partial charge on any atom is -0.396 e. The summed E-state index contributed by atoms with van der Waals surface area (Å²) in [7, 11) is 0. The third-order valence-corrected chi connectivity index (χ3v) is 4.69. The van der Waals surface area contributed by atoms with Crippen molar-refractivity contribution in [2.75, 3.05) is 12.3 Å². The Bertz CT molecular complexity index is 770. The molecule has 1 aliphatic heterocycles. The van der Waals surface area contributed by atoms with Gasteiger partial charge in [0.05, 0.1) is 18.9 Å². The summed E-state index contributed by atoms with van der Waals surface area (Å²) in [5, 5.41) is 29.2. The number of nitriles is 1. The molecule has 5 N–H and O–H groups in total. The van der Waals surface area contributed by atoms with Gasteiger partial charge in [0.15, 0.2) is 0 Å². The number of benzene rings is 1. The molecule has 1 aliphatic rings. The summed E-state index contributed by atoms with van der Waals surface area (Å²) in [6, 6.07) is 11.5. The maximum Gasteiger partial charge on any atom is 0.141 e. The van der Waals surface area contributed by atoms with Gasteiger partial charge >= 0.3 is 0 Å². The van der Waals surface area contributed by atoms with Gasteiger partial charge in [-0.05, 0) is 12.5 Å². The minimum absolute atomic E-state index is 0.228. The Morgan fingerprint density at radius 1 is 1.40 bits per heavy atom. The number of nitrogens with one attached hydrogen (secondary N) is 1. The van der Waals surface area contributed by atoms with Gasteiger partial charge in [-0.1, -0.05) is 30.3 Å². The second-order valence-electron chi connectivity index (χ2n) is 6.28. The number of nitrogens with zero attached hydrogens (tertiary/aromatic N) is 1. The summed E-state index contributed by atoms with van der Waals surface area (Å²) in [5.74, 6) is 0. The molecule has 0 amide bonds. The summed E-state index contributed by atoms with van der Waals surface area (Å²) in [4.78, 5) is 2.79. The molecule has 1 fully saturated rings. The maximum atomic E-state index is 10.6. The van der Waals surface area contributed by atoms with Crippen molar-refractivity contribution in [2.24, 2.45) is 0 Å². The number of aliphatic hydroxyl groups is 2. The van der Waals surface area contributed by atoms with E-state index in [0.29, 0.717) is 5.56 Å². The number of nitrogens with two attached hydrogens (primary N) is 1. The van der Waals surface area contributed by atoms with Gasteiger partial charge in [-0.2, -0.15) is 5.26 Å². The van der Waals surface area contributed by atoms with Crippen LogP contribution in [-0.4, -0.2) is 39.6 Å². The minimum atomic E-state index is -1.13. The first-order valence-corrected chi connectivity index (χ1v) is 8.00. The second kappa shape index (κ2) is 6.86. The van der Waals surface area contributed by atoms with Crippen molar-refractivity contribution in [3.05, 3.63) is 53.3 Å². The number of hydrogen-bond donors (Lipinski definition) is 4. The third kappa shape index (κ3) is 3.01. The fourth-order valence-corrected chi connectivity index (χ4v) is 3.17. The molecule has 1 aromatic heterocycles. The number of anilines is 1. The van der Waals surface area contributed by atoms with Crippen LogP contribution < -0.4 is 5.73 Å². The van der Waals surface area contributed by atoms with Gasteiger partial charge < -0.3 is 30.4 Å². The zero-order valence-electron chi connectivity index (χ0n) is 13.8. The third-order valence-electron chi connectivity index (χ3n) is 4.69. The zero-order chi connectivity index (χ0) is 18.0. The van der Waals surface area contributed by atoms with Crippen LogP contribution in [0.2, 0.25) is 0 Å². The average Bonchev–Trinajstić information content (AvgIpc) is 3.12. The highest BCUT2D eigenvalue weighted by Crippen LogP contribution is 2.46. The molecule has 1 unspecified atom stereocenters. The van der Waals surface area contributed by atoms with Crippen LogP contribution in [0.15, 0.2) is 36.5 Å². The molecule has 1 aromatic carbocycles. The topological polar surface area (TPSA) is 125 Å². The number of aromatic nitrogens is 1. The monoisotopic (exact) mass is 343 g/mol. The molecule has 0 bridgehead atoms. The van der Waals surface area contributed by atoms with E-state index in [1.807, 2.05) is 36.4 Å². The van der Waals surface area contributed by atoms with Crippen LogP contribution in [-0.2, 0) is 16.1 Å². The number of hydrogen-bond acceptors (Lipinski definition) is 6. The molecule has 0 spiro atoms. The highest BCUT2D eigenvalue weighted by atomic mass is 16.6. The van der Waals surface area contributed by atoms with Crippen molar-refractivity contribution >= 4 is 5.69 Å². The summed E-state index contributed by atoms with van der Waals surface area (Å²) >= 11 is 0. The lowest BCUT2D eigenvalue weighted by atomic mass is 9.88. The van der Waals surface area contributed by atoms with Crippen LogP contribution in [0, 0.1) is 11.3 Å². The predicted octanol–water partition coefficient (Wildman–Crippen LogP) is 1.24. The van der Waals surface area contributed by atoms with Gasteiger partial charge in [0.25, 0.3) is 0 Å². The number of rotatable bonds is 5. The van der Waals surface area contributed by atoms with Crippen molar-refractivity contribution in [3.8, 4) is 6.07 Å². The van der Waals surface area contributed by atoms with Crippen LogP contribution in [0.4, 0.5) is 5.69 Å². The molecule has 7 heteroatoms. The highest BCUT2D eigenvalue weighted by Gasteiger charge is 2.55. The second-order valence-corrected chi connectivity index (χ2v) is 6.28. The first-order valence-electron chi connectivity index (χ1n) is 8.00. The molecule has 0 radical (unpaired) electrons. The lowest BCUT2D eigenvalue weighted by Gasteiger charge is -2.33. The molecule has 132 valence electrons. The van der Waals surface area contributed by atoms with E-state index in [2.05, 4.69) is 4.98 Å². The fourth-order valence-electron chi connectivity index (χ4n) is 3.17. The Morgan fingerprint density at radius 2 is 2.12 bits per heavy atom. The van der Waals surface area contributed by atoms with Gasteiger partial charge in [-0.3, -0.25) is 0 Å². The van der Waals surface area contributed by atoms with E-state index in [1.54, 1.807) is 13.1 Å². The summed E-state index contributed by atoms with van der Waals surface area (Å²) in [6.07, 6.45) is -0.992. The lowest BCUT2D eigenvalue weighted by Crippen LogP contribution is -2.45. The summed E-state index contributed by atoms with van der Waals surface area (Å²) in [6.45, 7) is 1.64. The molecule has 1 saturated heterocycles. The molecular weight excluding hydrogens is 322 g/mol. The van der Waals surface area contributed by atoms with E-state index >= 15 is 0 Å². The van der Waals surface area contributed by atoms with Gasteiger partial charge in [-0.15, -0.1) is 0 Å². The first kappa shape index (κ1) is 17.5. The quantitative estimate of drug-likeness (QED) is 0.647. The molecule has 0 saturated carbocycles. The van der Waals surface area contributed by atoms with E-state index in [-0.39, 0.29) is 24.6 Å². The van der Waals surface area contributed by atoms with Gasteiger partial charge in [-0.25, -0.2) is 0 Å². The number of nitrogen functional groups attached to an aromatic ring is 1. The molecule has 2 heterocycles. The summed E-state index contributed by atoms with van der Waals surface area (Å²) in [5.41, 5.74) is 6.85. The SMILES string of the molecule is C[C@@]1(OCc2ccccc2)[C@H](O)C(CO)O[C@H]1c1c[nH]c(C#N)c1N. The molecule has 7 nitrogen and oxygen atoms in total. The van der Waals surface area contributed by atoms with Crippen LogP contribution in [0.1, 0.15) is 29.8 Å². The maximum absolute atomic E-state index is 10.6. The zero-order valence-corrected chi connectivity index (χ0v) is 13.8. The normalized spacial score (nSPS) is 28.8. The molecule has 4 atom stereocenters. The van der Waals surface area contributed by atoms with Crippen molar-refractivity contribution in [1.82, 2.24) is 4.98 Å². The Kier molecular flexibility index (Phi) is 4.79. The average molecular weight is 343 g/mol. The van der Waals surface area contributed by atoms with Crippen molar-refractivity contribution in [1.29, 1.82) is 5.26 Å². The van der Waals surface area contributed by atoms with Gasteiger partial charge in [0, 0.05) is 11.8 Å². The van der Waals surface area contributed by atoms with Crippen LogP contribution in [0.3, 0.4) is 0 Å². The standard InChI is InChI=1S/C18H21N3O4/c1-18(24-10-11-5-3-2-4-6-11)16(23)14(9-22)25-17(18)12-8-21-13(7-19)15(12)20/h2-6,8,14,16-17,21-23H,9-10,20H2,1H3/t14?,16-,17+,18-/m1/s1. The van der Waals surface area contributed by atoms with Crippen LogP contribution in [0.25, 0.3) is 0 Å². The van der Waals surface area contributed by atoms with E-state index in [1.165, 1.54) is 0 Å². The predicted molar refractivity (Wildman–Crippen MR) is 90.3 cm³/mol. The highest BCUT2D eigenvalue weighted by molar-refractivity contribution is 5.58. The summed E-state index contributed by atoms with van der Waals surface area (Å²) < 4.78 is 11.9.